The molecule has 1 aromatic heterocycles. The van der Waals surface area contributed by atoms with Crippen LogP contribution < -0.4 is 4.74 Å². The van der Waals surface area contributed by atoms with Gasteiger partial charge in [-0.3, -0.25) is 4.98 Å². The van der Waals surface area contributed by atoms with Crippen LogP contribution in [-0.4, -0.2) is 16.7 Å². The second-order valence-electron chi connectivity index (χ2n) is 4.71. The minimum atomic E-state index is -1.08. The van der Waals surface area contributed by atoms with Gasteiger partial charge in [-0.25, -0.2) is 0 Å². The van der Waals surface area contributed by atoms with Crippen molar-refractivity contribution in [2.24, 2.45) is 0 Å². The fourth-order valence-electron chi connectivity index (χ4n) is 2.40. The van der Waals surface area contributed by atoms with Gasteiger partial charge in [0, 0.05) is 29.9 Å². The van der Waals surface area contributed by atoms with Crippen LogP contribution in [0.3, 0.4) is 0 Å². The lowest BCUT2D eigenvalue weighted by molar-refractivity contribution is 0.0984. The molecule has 2 aromatic rings. The summed E-state index contributed by atoms with van der Waals surface area (Å²) < 4.78 is 5.66. The first-order valence-corrected chi connectivity index (χ1v) is 6.07. The van der Waals surface area contributed by atoms with Crippen molar-refractivity contribution in [3.8, 4) is 5.75 Å². The lowest BCUT2D eigenvalue weighted by Crippen LogP contribution is -2.23. The number of nitrogens with zero attached hydrogens (tertiary/aromatic N) is 1. The molecular formula is C15H15NO2. The van der Waals surface area contributed by atoms with Crippen molar-refractivity contribution >= 4 is 0 Å². The van der Waals surface area contributed by atoms with Gasteiger partial charge in [0.25, 0.3) is 0 Å². The highest BCUT2D eigenvalue weighted by molar-refractivity contribution is 5.50. The molecule has 0 saturated carbocycles. The Morgan fingerprint density at radius 3 is 2.94 bits per heavy atom. The van der Waals surface area contributed by atoms with Gasteiger partial charge in [0.1, 0.15) is 11.4 Å². The summed E-state index contributed by atoms with van der Waals surface area (Å²) >= 11 is 0. The van der Waals surface area contributed by atoms with Crippen LogP contribution in [0.2, 0.25) is 0 Å². The van der Waals surface area contributed by atoms with Gasteiger partial charge in [0.05, 0.1) is 6.61 Å². The molecule has 1 aliphatic heterocycles. The van der Waals surface area contributed by atoms with Gasteiger partial charge in [-0.15, -0.1) is 0 Å². The number of hydrogen-bond donors (Lipinski definition) is 1. The average Bonchev–Trinajstić information content (AvgIpc) is 2.87. The van der Waals surface area contributed by atoms with E-state index in [9.17, 15) is 5.11 Å². The summed E-state index contributed by atoms with van der Waals surface area (Å²) in [5.74, 6) is 0.825. The maximum Gasteiger partial charge on any atom is 0.129 e. The van der Waals surface area contributed by atoms with Crippen molar-refractivity contribution in [1.82, 2.24) is 4.98 Å². The van der Waals surface area contributed by atoms with Crippen LogP contribution in [0.5, 0.6) is 5.75 Å². The highest BCUT2D eigenvalue weighted by Gasteiger charge is 2.31. The molecule has 92 valence electrons. The molecule has 0 spiro atoms. The van der Waals surface area contributed by atoms with Gasteiger partial charge in [-0.05, 0) is 18.6 Å². The number of aliphatic hydroxyl groups is 1. The van der Waals surface area contributed by atoms with E-state index in [0.29, 0.717) is 6.61 Å². The average molecular weight is 241 g/mol. The molecule has 18 heavy (non-hydrogen) atoms. The number of ether oxygens (including phenoxy) is 1. The van der Waals surface area contributed by atoms with Gasteiger partial charge >= 0.3 is 0 Å². The van der Waals surface area contributed by atoms with E-state index in [1.54, 1.807) is 19.3 Å². The third-order valence-electron chi connectivity index (χ3n) is 3.46. The van der Waals surface area contributed by atoms with Crippen molar-refractivity contribution in [1.29, 1.82) is 0 Å². The molecule has 0 aliphatic carbocycles. The Labute approximate surface area is 106 Å². The number of fused-ring (bicyclic) bond motifs is 1. The Balaban J connectivity index is 2.13. The molecule has 3 nitrogen and oxygen atoms in total. The van der Waals surface area contributed by atoms with Crippen LogP contribution >= 0.6 is 0 Å². The molecule has 1 N–H and O–H groups in total. The van der Waals surface area contributed by atoms with E-state index in [2.05, 4.69) is 4.98 Å². The third-order valence-corrected chi connectivity index (χ3v) is 3.46. The first-order chi connectivity index (χ1) is 8.69. The van der Waals surface area contributed by atoms with Crippen molar-refractivity contribution < 1.29 is 9.84 Å². The Morgan fingerprint density at radius 1 is 1.28 bits per heavy atom. The highest BCUT2D eigenvalue weighted by Crippen LogP contribution is 2.39. The lowest BCUT2D eigenvalue weighted by Gasteiger charge is -2.25. The zero-order valence-electron chi connectivity index (χ0n) is 10.3. The second kappa shape index (κ2) is 4.10. The SMILES string of the molecule is CC(O)(c1cccnc1)c1cccc2c1OCC2. The van der Waals surface area contributed by atoms with Gasteiger partial charge in [-0.1, -0.05) is 24.3 Å². The van der Waals surface area contributed by atoms with Crippen molar-refractivity contribution in [3.05, 3.63) is 59.4 Å². The molecule has 3 heteroatoms. The molecule has 3 rings (SSSR count). The first-order valence-electron chi connectivity index (χ1n) is 6.07. The molecule has 0 amide bonds. The molecule has 0 fully saturated rings. The summed E-state index contributed by atoms with van der Waals surface area (Å²) in [7, 11) is 0. The quantitative estimate of drug-likeness (QED) is 0.877. The molecule has 0 saturated heterocycles. The summed E-state index contributed by atoms with van der Waals surface area (Å²) in [5.41, 5.74) is 1.67. The maximum absolute atomic E-state index is 10.8. The van der Waals surface area contributed by atoms with E-state index < -0.39 is 5.60 Å². The van der Waals surface area contributed by atoms with E-state index >= 15 is 0 Å². The van der Waals surface area contributed by atoms with E-state index in [1.807, 2.05) is 30.3 Å². The fraction of sp³-hybridized carbons (Fsp3) is 0.267. The summed E-state index contributed by atoms with van der Waals surface area (Å²) in [5, 5.41) is 10.8. The predicted octanol–water partition coefficient (Wildman–Crippen LogP) is 2.27. The number of rotatable bonds is 2. The number of hydrogen-bond acceptors (Lipinski definition) is 3. The summed E-state index contributed by atoms with van der Waals surface area (Å²) in [4.78, 5) is 4.07. The topological polar surface area (TPSA) is 42.4 Å². The molecule has 0 radical (unpaired) electrons. The number of benzene rings is 1. The minimum Gasteiger partial charge on any atom is -0.493 e. The molecule has 2 heterocycles. The van der Waals surface area contributed by atoms with Gasteiger partial charge in [0.15, 0.2) is 0 Å². The van der Waals surface area contributed by atoms with Gasteiger partial charge in [-0.2, -0.15) is 0 Å². The number of para-hydroxylation sites is 1. The van der Waals surface area contributed by atoms with Crippen LogP contribution in [0, 0.1) is 0 Å². The standard InChI is InChI=1S/C15H15NO2/c1-15(17,12-5-3-8-16-10-12)13-6-2-4-11-7-9-18-14(11)13/h2-6,8,10,17H,7,9H2,1H3. The van der Waals surface area contributed by atoms with E-state index in [-0.39, 0.29) is 0 Å². The van der Waals surface area contributed by atoms with Crippen LogP contribution in [0.1, 0.15) is 23.6 Å². The second-order valence-corrected chi connectivity index (χ2v) is 4.71. The van der Waals surface area contributed by atoms with Gasteiger partial charge in [0.2, 0.25) is 0 Å². The summed E-state index contributed by atoms with van der Waals surface area (Å²) in [6.07, 6.45) is 4.30. The zero-order chi connectivity index (χ0) is 12.6. The Kier molecular flexibility index (Phi) is 2.56. The largest absolute Gasteiger partial charge is 0.493 e. The molecule has 1 atom stereocenters. The first kappa shape index (κ1) is 11.2. The lowest BCUT2D eigenvalue weighted by atomic mass is 9.87. The summed E-state index contributed by atoms with van der Waals surface area (Å²) in [6, 6.07) is 9.63. The molecular weight excluding hydrogens is 226 g/mol. The third kappa shape index (κ3) is 1.68. The van der Waals surface area contributed by atoms with Crippen molar-refractivity contribution in [3.63, 3.8) is 0 Å². The minimum absolute atomic E-state index is 0.690. The molecule has 1 unspecified atom stereocenters. The molecule has 0 bridgehead atoms. The number of aromatic nitrogens is 1. The van der Waals surface area contributed by atoms with Crippen LogP contribution in [-0.2, 0) is 12.0 Å². The van der Waals surface area contributed by atoms with Crippen LogP contribution in [0.4, 0.5) is 0 Å². The molecule has 1 aliphatic rings. The van der Waals surface area contributed by atoms with Crippen molar-refractivity contribution in [2.45, 2.75) is 18.9 Å². The monoisotopic (exact) mass is 241 g/mol. The number of pyridine rings is 1. The van der Waals surface area contributed by atoms with E-state index in [1.165, 1.54) is 0 Å². The Morgan fingerprint density at radius 2 is 2.17 bits per heavy atom. The van der Waals surface area contributed by atoms with Gasteiger partial charge < -0.3 is 9.84 Å². The fourth-order valence-corrected chi connectivity index (χ4v) is 2.40. The Hall–Kier alpha value is -1.87. The predicted molar refractivity (Wildman–Crippen MR) is 68.6 cm³/mol. The van der Waals surface area contributed by atoms with Crippen molar-refractivity contribution in [2.75, 3.05) is 6.61 Å². The van der Waals surface area contributed by atoms with E-state index in [0.717, 1.165) is 28.9 Å². The van der Waals surface area contributed by atoms with E-state index in [4.69, 9.17) is 4.74 Å². The zero-order valence-corrected chi connectivity index (χ0v) is 10.3. The Bertz CT molecular complexity index is 564. The molecule has 1 aromatic carbocycles. The summed E-state index contributed by atoms with van der Waals surface area (Å²) in [6.45, 7) is 2.47. The van der Waals surface area contributed by atoms with Crippen LogP contribution in [0.15, 0.2) is 42.7 Å². The highest BCUT2D eigenvalue weighted by atomic mass is 16.5. The maximum atomic E-state index is 10.8. The normalized spacial score (nSPS) is 16.8. The van der Waals surface area contributed by atoms with Crippen LogP contribution in [0.25, 0.3) is 0 Å². The smallest absolute Gasteiger partial charge is 0.129 e.